The molecular weight excluding hydrogens is 226 g/mol. The molecule has 1 saturated heterocycles. The van der Waals surface area contributed by atoms with E-state index in [1.54, 1.807) is 7.11 Å². The summed E-state index contributed by atoms with van der Waals surface area (Å²) >= 11 is 0. The number of para-hydroxylation sites is 1. The number of methoxy groups -OCH3 is 1. The Morgan fingerprint density at radius 1 is 1.39 bits per heavy atom. The first-order chi connectivity index (χ1) is 8.83. The Bertz CT molecular complexity index is 367. The number of ether oxygens (including phenoxy) is 1. The van der Waals surface area contributed by atoms with Crippen molar-refractivity contribution in [1.82, 2.24) is 4.90 Å². The van der Waals surface area contributed by atoms with E-state index in [0.717, 1.165) is 44.6 Å². The number of benzene rings is 1. The van der Waals surface area contributed by atoms with Gasteiger partial charge >= 0.3 is 0 Å². The van der Waals surface area contributed by atoms with Crippen molar-refractivity contribution >= 4 is 0 Å². The fourth-order valence-electron chi connectivity index (χ4n) is 2.67. The van der Waals surface area contributed by atoms with Crippen molar-refractivity contribution in [2.75, 3.05) is 33.4 Å². The second kappa shape index (κ2) is 6.76. The lowest BCUT2D eigenvalue weighted by Gasteiger charge is -2.15. The SMILES string of the molecule is COc1ccccc1CCCN1CCC(CO)C1. The molecule has 1 aromatic carbocycles. The van der Waals surface area contributed by atoms with E-state index in [9.17, 15) is 0 Å². The van der Waals surface area contributed by atoms with Gasteiger partial charge < -0.3 is 14.7 Å². The summed E-state index contributed by atoms with van der Waals surface area (Å²) in [7, 11) is 1.73. The molecule has 1 aromatic rings. The normalized spacial score (nSPS) is 20.2. The van der Waals surface area contributed by atoms with Crippen LogP contribution in [0, 0.1) is 5.92 Å². The van der Waals surface area contributed by atoms with E-state index in [0.29, 0.717) is 12.5 Å². The molecule has 0 bridgehead atoms. The van der Waals surface area contributed by atoms with Crippen molar-refractivity contribution in [1.29, 1.82) is 0 Å². The van der Waals surface area contributed by atoms with E-state index in [-0.39, 0.29) is 0 Å². The molecule has 2 rings (SSSR count). The van der Waals surface area contributed by atoms with Gasteiger partial charge in [-0.05, 0) is 49.9 Å². The number of aryl methyl sites for hydroxylation is 1. The van der Waals surface area contributed by atoms with Gasteiger partial charge in [0.15, 0.2) is 0 Å². The summed E-state index contributed by atoms with van der Waals surface area (Å²) in [5, 5.41) is 9.11. The number of hydrogen-bond acceptors (Lipinski definition) is 3. The van der Waals surface area contributed by atoms with Gasteiger partial charge in [-0.2, -0.15) is 0 Å². The molecule has 0 aromatic heterocycles. The first-order valence-electron chi connectivity index (χ1n) is 6.78. The van der Waals surface area contributed by atoms with Crippen LogP contribution in [0.15, 0.2) is 24.3 Å². The number of nitrogens with zero attached hydrogens (tertiary/aromatic N) is 1. The molecule has 1 unspecified atom stereocenters. The number of likely N-dealkylation sites (tertiary alicyclic amines) is 1. The molecule has 1 N–H and O–H groups in total. The summed E-state index contributed by atoms with van der Waals surface area (Å²) in [6.07, 6.45) is 3.36. The minimum atomic E-state index is 0.336. The summed E-state index contributed by atoms with van der Waals surface area (Å²) in [5.41, 5.74) is 1.29. The molecule has 1 heterocycles. The molecule has 0 aliphatic carbocycles. The van der Waals surface area contributed by atoms with Crippen LogP contribution < -0.4 is 4.74 Å². The summed E-state index contributed by atoms with van der Waals surface area (Å²) < 4.78 is 5.36. The fourth-order valence-corrected chi connectivity index (χ4v) is 2.67. The molecule has 100 valence electrons. The standard InChI is InChI=1S/C15H23NO2/c1-18-15-7-3-2-5-14(15)6-4-9-16-10-8-13(11-16)12-17/h2-3,5,7,13,17H,4,6,8-12H2,1H3. The molecule has 1 fully saturated rings. The minimum absolute atomic E-state index is 0.336. The van der Waals surface area contributed by atoms with Gasteiger partial charge in [0.2, 0.25) is 0 Å². The molecule has 1 atom stereocenters. The third-order valence-corrected chi connectivity index (χ3v) is 3.74. The van der Waals surface area contributed by atoms with E-state index >= 15 is 0 Å². The molecule has 3 heteroatoms. The highest BCUT2D eigenvalue weighted by Gasteiger charge is 2.20. The molecule has 18 heavy (non-hydrogen) atoms. The van der Waals surface area contributed by atoms with Gasteiger partial charge in [-0.3, -0.25) is 0 Å². The Hall–Kier alpha value is -1.06. The van der Waals surface area contributed by atoms with E-state index in [1.807, 2.05) is 12.1 Å². The predicted molar refractivity (Wildman–Crippen MR) is 72.9 cm³/mol. The van der Waals surface area contributed by atoms with Gasteiger partial charge in [-0.1, -0.05) is 18.2 Å². The van der Waals surface area contributed by atoms with Crippen LogP contribution >= 0.6 is 0 Å². The Morgan fingerprint density at radius 2 is 2.22 bits per heavy atom. The van der Waals surface area contributed by atoms with Gasteiger partial charge in [0, 0.05) is 13.2 Å². The first-order valence-corrected chi connectivity index (χ1v) is 6.78. The van der Waals surface area contributed by atoms with Gasteiger partial charge in [0.05, 0.1) is 7.11 Å². The fraction of sp³-hybridized carbons (Fsp3) is 0.600. The van der Waals surface area contributed by atoms with Crippen LogP contribution in [-0.2, 0) is 6.42 Å². The minimum Gasteiger partial charge on any atom is -0.496 e. The second-order valence-corrected chi connectivity index (χ2v) is 5.05. The van der Waals surface area contributed by atoms with Crippen molar-refractivity contribution in [3.63, 3.8) is 0 Å². The summed E-state index contributed by atoms with van der Waals surface area (Å²) in [6.45, 7) is 3.65. The van der Waals surface area contributed by atoms with Crippen LogP contribution in [0.4, 0.5) is 0 Å². The second-order valence-electron chi connectivity index (χ2n) is 5.05. The van der Waals surface area contributed by atoms with Gasteiger partial charge in [0.1, 0.15) is 5.75 Å². The van der Waals surface area contributed by atoms with E-state index in [1.165, 1.54) is 5.56 Å². The highest BCUT2D eigenvalue weighted by molar-refractivity contribution is 5.33. The lowest BCUT2D eigenvalue weighted by atomic mass is 10.1. The lowest BCUT2D eigenvalue weighted by molar-refractivity contribution is 0.221. The van der Waals surface area contributed by atoms with Crippen molar-refractivity contribution in [2.24, 2.45) is 5.92 Å². The highest BCUT2D eigenvalue weighted by atomic mass is 16.5. The lowest BCUT2D eigenvalue weighted by Crippen LogP contribution is -2.23. The Labute approximate surface area is 109 Å². The summed E-state index contributed by atoms with van der Waals surface area (Å²) in [5.74, 6) is 1.49. The van der Waals surface area contributed by atoms with E-state index in [4.69, 9.17) is 9.84 Å². The maximum Gasteiger partial charge on any atom is 0.122 e. The zero-order valence-electron chi connectivity index (χ0n) is 11.1. The van der Waals surface area contributed by atoms with Crippen LogP contribution in [0.2, 0.25) is 0 Å². The van der Waals surface area contributed by atoms with Gasteiger partial charge in [-0.25, -0.2) is 0 Å². The van der Waals surface area contributed by atoms with Crippen LogP contribution in [0.1, 0.15) is 18.4 Å². The third kappa shape index (κ3) is 3.47. The molecule has 0 radical (unpaired) electrons. The highest BCUT2D eigenvalue weighted by Crippen LogP contribution is 2.20. The Morgan fingerprint density at radius 3 is 2.94 bits per heavy atom. The third-order valence-electron chi connectivity index (χ3n) is 3.74. The largest absolute Gasteiger partial charge is 0.496 e. The van der Waals surface area contributed by atoms with E-state index < -0.39 is 0 Å². The number of rotatable bonds is 6. The van der Waals surface area contributed by atoms with Crippen LogP contribution in [0.5, 0.6) is 5.75 Å². The first kappa shape index (κ1) is 13.4. The molecule has 3 nitrogen and oxygen atoms in total. The average Bonchev–Trinajstić information content (AvgIpc) is 2.87. The van der Waals surface area contributed by atoms with E-state index in [2.05, 4.69) is 17.0 Å². The zero-order valence-corrected chi connectivity index (χ0v) is 11.1. The van der Waals surface area contributed by atoms with Crippen molar-refractivity contribution in [3.8, 4) is 5.75 Å². The summed E-state index contributed by atoms with van der Waals surface area (Å²) in [4.78, 5) is 2.45. The van der Waals surface area contributed by atoms with Crippen molar-refractivity contribution in [2.45, 2.75) is 19.3 Å². The molecule has 0 amide bonds. The topological polar surface area (TPSA) is 32.7 Å². The Kier molecular flexibility index (Phi) is 5.02. The molecule has 0 saturated carbocycles. The van der Waals surface area contributed by atoms with Crippen LogP contribution in [-0.4, -0.2) is 43.4 Å². The number of aliphatic hydroxyl groups is 1. The molecule has 0 spiro atoms. The quantitative estimate of drug-likeness (QED) is 0.836. The predicted octanol–water partition coefficient (Wildman–Crippen LogP) is 1.94. The van der Waals surface area contributed by atoms with Crippen LogP contribution in [0.3, 0.4) is 0 Å². The van der Waals surface area contributed by atoms with Gasteiger partial charge in [-0.15, -0.1) is 0 Å². The number of aliphatic hydroxyl groups excluding tert-OH is 1. The maximum absolute atomic E-state index is 9.11. The monoisotopic (exact) mass is 249 g/mol. The molecular formula is C15H23NO2. The summed E-state index contributed by atoms with van der Waals surface area (Å²) in [6, 6.07) is 8.23. The van der Waals surface area contributed by atoms with Gasteiger partial charge in [0.25, 0.3) is 0 Å². The smallest absolute Gasteiger partial charge is 0.122 e. The average molecular weight is 249 g/mol. The zero-order chi connectivity index (χ0) is 12.8. The molecule has 1 aliphatic rings. The van der Waals surface area contributed by atoms with Crippen molar-refractivity contribution in [3.05, 3.63) is 29.8 Å². The Balaban J connectivity index is 1.75. The molecule has 1 aliphatic heterocycles. The van der Waals surface area contributed by atoms with Crippen molar-refractivity contribution < 1.29 is 9.84 Å². The van der Waals surface area contributed by atoms with Crippen LogP contribution in [0.25, 0.3) is 0 Å². The number of hydrogen-bond donors (Lipinski definition) is 1. The maximum atomic E-state index is 9.11.